The zero-order valence-electron chi connectivity index (χ0n) is 14.6. The van der Waals surface area contributed by atoms with Crippen LogP contribution in [0.15, 0.2) is 24.3 Å². The van der Waals surface area contributed by atoms with Gasteiger partial charge in [-0.05, 0) is 45.0 Å². The molecular weight excluding hydrogens is 310 g/mol. The van der Waals surface area contributed by atoms with Crippen LogP contribution in [0.5, 0.6) is 5.75 Å². The number of esters is 1. The summed E-state index contributed by atoms with van der Waals surface area (Å²) in [6.45, 7) is 8.59. The first-order valence-corrected chi connectivity index (χ1v) is 8.43. The number of benzene rings is 1. The standard InChI is InChI=1S/C18H27NO5/c1-4-22-18(21)15-5-7-17(8-6-15)23-12-16(20)11-19-9-13(2)24-14(3)10-19/h5-8,13-14,16,20H,4,9-12H2,1-3H3/t13-,14+,16-/m0/s1. The molecule has 0 bridgehead atoms. The molecule has 134 valence electrons. The van der Waals surface area contributed by atoms with Crippen LogP contribution in [0.3, 0.4) is 0 Å². The number of hydrogen-bond acceptors (Lipinski definition) is 6. The van der Waals surface area contributed by atoms with Gasteiger partial charge in [-0.2, -0.15) is 0 Å². The quantitative estimate of drug-likeness (QED) is 0.764. The Hall–Kier alpha value is -1.63. The fraction of sp³-hybridized carbons (Fsp3) is 0.611. The van der Waals surface area contributed by atoms with E-state index in [9.17, 15) is 9.90 Å². The van der Waals surface area contributed by atoms with Crippen molar-refractivity contribution < 1.29 is 24.1 Å². The van der Waals surface area contributed by atoms with Crippen molar-refractivity contribution in [3.05, 3.63) is 29.8 Å². The van der Waals surface area contributed by atoms with Crippen LogP contribution < -0.4 is 4.74 Å². The Kier molecular flexibility index (Phi) is 7.02. The van der Waals surface area contributed by atoms with Crippen molar-refractivity contribution in [2.24, 2.45) is 0 Å². The third kappa shape index (κ3) is 5.78. The molecule has 2 rings (SSSR count). The molecule has 1 aliphatic rings. The van der Waals surface area contributed by atoms with E-state index in [0.717, 1.165) is 13.1 Å². The third-order valence-electron chi connectivity index (χ3n) is 3.77. The minimum atomic E-state index is -0.577. The lowest BCUT2D eigenvalue weighted by Crippen LogP contribution is -2.48. The van der Waals surface area contributed by atoms with E-state index in [2.05, 4.69) is 4.90 Å². The SMILES string of the molecule is CCOC(=O)c1ccc(OC[C@@H](O)CN2C[C@@H](C)O[C@@H](C)C2)cc1. The molecule has 1 saturated heterocycles. The molecule has 24 heavy (non-hydrogen) atoms. The smallest absolute Gasteiger partial charge is 0.338 e. The van der Waals surface area contributed by atoms with Gasteiger partial charge in [0.2, 0.25) is 0 Å². The van der Waals surface area contributed by atoms with Crippen LogP contribution in [0, 0.1) is 0 Å². The van der Waals surface area contributed by atoms with Gasteiger partial charge in [0, 0.05) is 19.6 Å². The Labute approximate surface area is 143 Å². The molecule has 0 amide bonds. The lowest BCUT2D eigenvalue weighted by molar-refractivity contribution is -0.0786. The number of carbonyl (C=O) groups excluding carboxylic acids is 1. The zero-order valence-corrected chi connectivity index (χ0v) is 14.6. The van der Waals surface area contributed by atoms with Crippen molar-refractivity contribution >= 4 is 5.97 Å². The summed E-state index contributed by atoms with van der Waals surface area (Å²) in [5.41, 5.74) is 0.487. The van der Waals surface area contributed by atoms with Gasteiger partial charge < -0.3 is 19.3 Å². The van der Waals surface area contributed by atoms with Crippen LogP contribution in [0.25, 0.3) is 0 Å². The maximum Gasteiger partial charge on any atom is 0.338 e. The molecule has 0 aliphatic carbocycles. The molecule has 3 atom stereocenters. The average Bonchev–Trinajstić information content (AvgIpc) is 2.52. The number of morpholine rings is 1. The molecule has 1 fully saturated rings. The van der Waals surface area contributed by atoms with Gasteiger partial charge in [-0.1, -0.05) is 0 Å². The van der Waals surface area contributed by atoms with Gasteiger partial charge in [0.25, 0.3) is 0 Å². The molecule has 1 N–H and O–H groups in total. The van der Waals surface area contributed by atoms with Crippen LogP contribution in [0.1, 0.15) is 31.1 Å². The van der Waals surface area contributed by atoms with Gasteiger partial charge in [-0.3, -0.25) is 4.90 Å². The summed E-state index contributed by atoms with van der Waals surface area (Å²) in [5.74, 6) is 0.269. The monoisotopic (exact) mass is 337 g/mol. The van der Waals surface area contributed by atoms with Gasteiger partial charge >= 0.3 is 5.97 Å². The largest absolute Gasteiger partial charge is 0.491 e. The topological polar surface area (TPSA) is 68.2 Å². The summed E-state index contributed by atoms with van der Waals surface area (Å²) in [7, 11) is 0. The number of aliphatic hydroxyl groups is 1. The second-order valence-corrected chi connectivity index (χ2v) is 6.19. The Balaban J connectivity index is 1.77. The van der Waals surface area contributed by atoms with E-state index in [1.54, 1.807) is 31.2 Å². The van der Waals surface area contributed by atoms with Crippen molar-refractivity contribution in [1.82, 2.24) is 4.90 Å². The van der Waals surface area contributed by atoms with Crippen LogP contribution in [0.4, 0.5) is 0 Å². The Bertz CT molecular complexity index is 509. The molecule has 1 heterocycles. The first-order chi connectivity index (χ1) is 11.5. The van der Waals surface area contributed by atoms with Gasteiger partial charge in [0.15, 0.2) is 0 Å². The maximum atomic E-state index is 11.6. The Morgan fingerprint density at radius 2 is 1.92 bits per heavy atom. The van der Waals surface area contributed by atoms with Gasteiger partial charge in [0.1, 0.15) is 18.5 Å². The minimum Gasteiger partial charge on any atom is -0.491 e. The molecule has 0 saturated carbocycles. The van der Waals surface area contributed by atoms with Crippen molar-refractivity contribution in [2.75, 3.05) is 32.8 Å². The average molecular weight is 337 g/mol. The van der Waals surface area contributed by atoms with Gasteiger partial charge in [0.05, 0.1) is 24.4 Å². The van der Waals surface area contributed by atoms with Crippen molar-refractivity contribution in [2.45, 2.75) is 39.1 Å². The number of rotatable bonds is 7. The molecule has 1 aromatic carbocycles. The number of β-amino-alcohol motifs (C(OH)–C–C–N with tert-alkyl or cyclic N) is 1. The van der Waals surface area contributed by atoms with E-state index in [0.29, 0.717) is 24.5 Å². The van der Waals surface area contributed by atoms with E-state index in [1.807, 2.05) is 13.8 Å². The third-order valence-corrected chi connectivity index (χ3v) is 3.77. The summed E-state index contributed by atoms with van der Waals surface area (Å²) >= 11 is 0. The summed E-state index contributed by atoms with van der Waals surface area (Å²) in [6.07, 6.45) is -0.221. The highest BCUT2D eigenvalue weighted by Gasteiger charge is 2.23. The minimum absolute atomic E-state index is 0.178. The van der Waals surface area contributed by atoms with Crippen molar-refractivity contribution in [1.29, 1.82) is 0 Å². The van der Waals surface area contributed by atoms with E-state index in [-0.39, 0.29) is 24.8 Å². The van der Waals surface area contributed by atoms with Crippen LogP contribution in [0.2, 0.25) is 0 Å². The van der Waals surface area contributed by atoms with E-state index < -0.39 is 6.10 Å². The van der Waals surface area contributed by atoms with Crippen molar-refractivity contribution in [3.8, 4) is 5.75 Å². The molecule has 1 aromatic rings. The predicted molar refractivity (Wildman–Crippen MR) is 90.3 cm³/mol. The molecule has 0 radical (unpaired) electrons. The highest BCUT2D eigenvalue weighted by molar-refractivity contribution is 5.89. The summed E-state index contributed by atoms with van der Waals surface area (Å²) < 4.78 is 16.2. The summed E-state index contributed by atoms with van der Waals surface area (Å²) in [4.78, 5) is 13.8. The number of ether oxygens (including phenoxy) is 3. The lowest BCUT2D eigenvalue weighted by atomic mass is 10.2. The first-order valence-electron chi connectivity index (χ1n) is 8.43. The molecule has 1 aliphatic heterocycles. The molecule has 0 aromatic heterocycles. The molecule has 0 spiro atoms. The molecule has 6 heteroatoms. The first kappa shape index (κ1) is 18.7. The fourth-order valence-corrected chi connectivity index (χ4v) is 2.88. The van der Waals surface area contributed by atoms with Crippen LogP contribution in [-0.2, 0) is 9.47 Å². The highest BCUT2D eigenvalue weighted by Crippen LogP contribution is 2.14. The maximum absolute atomic E-state index is 11.6. The second kappa shape index (κ2) is 9.01. The summed E-state index contributed by atoms with van der Waals surface area (Å²) in [6, 6.07) is 6.73. The fourth-order valence-electron chi connectivity index (χ4n) is 2.88. The Morgan fingerprint density at radius 1 is 1.29 bits per heavy atom. The predicted octanol–water partition coefficient (Wildman–Crippen LogP) is 1.71. The molecule has 0 unspecified atom stereocenters. The lowest BCUT2D eigenvalue weighted by Gasteiger charge is -2.36. The van der Waals surface area contributed by atoms with E-state index in [4.69, 9.17) is 14.2 Å². The van der Waals surface area contributed by atoms with Crippen molar-refractivity contribution in [3.63, 3.8) is 0 Å². The van der Waals surface area contributed by atoms with E-state index in [1.165, 1.54) is 0 Å². The number of aliphatic hydroxyl groups excluding tert-OH is 1. The molecule has 6 nitrogen and oxygen atoms in total. The molecular formula is C18H27NO5. The summed E-state index contributed by atoms with van der Waals surface area (Å²) in [5, 5.41) is 10.2. The van der Waals surface area contributed by atoms with Gasteiger partial charge in [-0.15, -0.1) is 0 Å². The number of carbonyl (C=O) groups is 1. The normalized spacial score (nSPS) is 22.8. The van der Waals surface area contributed by atoms with Gasteiger partial charge in [-0.25, -0.2) is 4.79 Å². The number of hydrogen-bond donors (Lipinski definition) is 1. The highest BCUT2D eigenvalue weighted by atomic mass is 16.5. The van der Waals surface area contributed by atoms with Crippen LogP contribution >= 0.6 is 0 Å². The van der Waals surface area contributed by atoms with E-state index >= 15 is 0 Å². The number of nitrogens with zero attached hydrogens (tertiary/aromatic N) is 1. The second-order valence-electron chi connectivity index (χ2n) is 6.19. The Morgan fingerprint density at radius 3 is 2.50 bits per heavy atom. The van der Waals surface area contributed by atoms with Crippen LogP contribution in [-0.4, -0.2) is 67.1 Å². The zero-order chi connectivity index (χ0) is 17.5.